The molecule has 1 aromatic rings. The second-order valence-corrected chi connectivity index (χ2v) is 3.48. The van der Waals surface area contributed by atoms with Crippen molar-refractivity contribution >= 4 is 5.91 Å². The standard InChI is InChI=1S/C10H12N3O3/c14-10(13-15)8-4-11-9(12-5-8)7-2-1-3-16-6-7/h2,4-5,7,15H,1,3,6H2,(H,13,14). The molecule has 2 heterocycles. The molecule has 2 N–H and O–H groups in total. The Labute approximate surface area is 92.6 Å². The third-order valence-corrected chi connectivity index (χ3v) is 2.38. The summed E-state index contributed by atoms with van der Waals surface area (Å²) in [7, 11) is 0. The van der Waals surface area contributed by atoms with Crippen LogP contribution >= 0.6 is 0 Å². The lowest BCUT2D eigenvalue weighted by molar-refractivity contribution is 0.0705. The topological polar surface area (TPSA) is 84.3 Å². The van der Waals surface area contributed by atoms with Gasteiger partial charge in [-0.1, -0.05) is 0 Å². The average Bonchev–Trinajstić information content (AvgIpc) is 2.39. The highest BCUT2D eigenvalue weighted by Gasteiger charge is 2.19. The van der Waals surface area contributed by atoms with Gasteiger partial charge in [-0.3, -0.25) is 10.0 Å². The van der Waals surface area contributed by atoms with E-state index in [9.17, 15) is 4.79 Å². The lowest BCUT2D eigenvalue weighted by Crippen LogP contribution is -2.21. The number of hydroxylamine groups is 1. The number of aromatic nitrogens is 2. The van der Waals surface area contributed by atoms with Gasteiger partial charge in [-0.2, -0.15) is 0 Å². The van der Waals surface area contributed by atoms with E-state index in [1.54, 1.807) is 0 Å². The van der Waals surface area contributed by atoms with Crippen LogP contribution < -0.4 is 5.48 Å². The summed E-state index contributed by atoms with van der Waals surface area (Å²) >= 11 is 0. The third kappa shape index (κ3) is 2.34. The lowest BCUT2D eigenvalue weighted by Gasteiger charge is -2.20. The van der Waals surface area contributed by atoms with Gasteiger partial charge in [-0.05, 0) is 12.8 Å². The largest absolute Gasteiger partial charge is 0.381 e. The maximum Gasteiger partial charge on any atom is 0.277 e. The van der Waals surface area contributed by atoms with Crippen molar-refractivity contribution in [2.45, 2.75) is 12.3 Å². The third-order valence-electron chi connectivity index (χ3n) is 2.38. The van der Waals surface area contributed by atoms with Crippen LogP contribution in [0, 0.1) is 6.42 Å². The Balaban J connectivity index is 2.09. The summed E-state index contributed by atoms with van der Waals surface area (Å²) in [5, 5.41) is 8.42. The first-order chi connectivity index (χ1) is 7.81. The molecule has 1 radical (unpaired) electrons. The number of hydrogen-bond donors (Lipinski definition) is 2. The van der Waals surface area contributed by atoms with Crippen LogP contribution in [0.4, 0.5) is 0 Å². The van der Waals surface area contributed by atoms with E-state index in [1.807, 2.05) is 0 Å². The summed E-state index contributed by atoms with van der Waals surface area (Å²) < 4.78 is 5.30. The molecule has 85 valence electrons. The van der Waals surface area contributed by atoms with E-state index >= 15 is 0 Å². The zero-order chi connectivity index (χ0) is 11.4. The molecule has 6 nitrogen and oxygen atoms in total. The van der Waals surface area contributed by atoms with Crippen LogP contribution in [0.15, 0.2) is 12.4 Å². The van der Waals surface area contributed by atoms with E-state index in [1.165, 1.54) is 17.9 Å². The van der Waals surface area contributed by atoms with E-state index in [0.717, 1.165) is 13.0 Å². The van der Waals surface area contributed by atoms with E-state index in [2.05, 4.69) is 16.4 Å². The number of amides is 1. The molecule has 1 aliphatic rings. The van der Waals surface area contributed by atoms with E-state index in [0.29, 0.717) is 12.4 Å². The Morgan fingerprint density at radius 3 is 2.81 bits per heavy atom. The Morgan fingerprint density at radius 2 is 2.25 bits per heavy atom. The van der Waals surface area contributed by atoms with Crippen LogP contribution in [0.3, 0.4) is 0 Å². The normalized spacial score (nSPS) is 20.4. The van der Waals surface area contributed by atoms with Crippen LogP contribution in [-0.4, -0.2) is 34.3 Å². The number of rotatable bonds is 2. The minimum Gasteiger partial charge on any atom is -0.381 e. The van der Waals surface area contributed by atoms with Crippen LogP contribution in [-0.2, 0) is 4.74 Å². The molecule has 2 rings (SSSR count). The summed E-state index contributed by atoms with van der Waals surface area (Å²) in [5.74, 6) is 0.101. The van der Waals surface area contributed by atoms with Crippen molar-refractivity contribution in [1.82, 2.24) is 15.4 Å². The van der Waals surface area contributed by atoms with Crippen molar-refractivity contribution in [2.24, 2.45) is 0 Å². The summed E-state index contributed by atoms with van der Waals surface area (Å²) in [5.41, 5.74) is 1.75. The highest BCUT2D eigenvalue weighted by atomic mass is 16.5. The van der Waals surface area contributed by atoms with Gasteiger partial charge in [0.25, 0.3) is 5.91 Å². The first-order valence-electron chi connectivity index (χ1n) is 4.98. The highest BCUT2D eigenvalue weighted by molar-refractivity contribution is 5.92. The molecule has 1 fully saturated rings. The molecule has 0 bridgehead atoms. The molecule has 0 aromatic carbocycles. The first kappa shape index (κ1) is 11.0. The molecule has 16 heavy (non-hydrogen) atoms. The van der Waals surface area contributed by atoms with Crippen LogP contribution in [0.5, 0.6) is 0 Å². The Bertz CT molecular complexity index is 360. The quantitative estimate of drug-likeness (QED) is 0.555. The molecule has 6 heteroatoms. The number of hydrogen-bond acceptors (Lipinski definition) is 5. The second kappa shape index (κ2) is 5.00. The minimum atomic E-state index is -0.615. The Kier molecular flexibility index (Phi) is 3.43. The fourth-order valence-corrected chi connectivity index (χ4v) is 1.52. The second-order valence-electron chi connectivity index (χ2n) is 3.48. The van der Waals surface area contributed by atoms with Gasteiger partial charge in [-0.15, -0.1) is 0 Å². The number of nitrogens with one attached hydrogen (secondary N) is 1. The molecule has 1 unspecified atom stereocenters. The molecule has 1 saturated heterocycles. The first-order valence-corrected chi connectivity index (χ1v) is 4.98. The Hall–Kier alpha value is -1.53. The number of nitrogens with zero attached hydrogens (tertiary/aromatic N) is 2. The molecular formula is C10H12N3O3. The van der Waals surface area contributed by atoms with Crippen LogP contribution in [0.25, 0.3) is 0 Å². The molecule has 1 atom stereocenters. The fraction of sp³-hybridized carbons (Fsp3) is 0.400. The smallest absolute Gasteiger partial charge is 0.277 e. The van der Waals surface area contributed by atoms with Gasteiger partial charge in [-0.25, -0.2) is 15.4 Å². The van der Waals surface area contributed by atoms with Gasteiger partial charge in [0, 0.05) is 24.9 Å². The van der Waals surface area contributed by atoms with Gasteiger partial charge in [0.15, 0.2) is 0 Å². The predicted molar refractivity (Wildman–Crippen MR) is 53.8 cm³/mol. The number of ether oxygens (including phenoxy) is 1. The summed E-state index contributed by atoms with van der Waals surface area (Å²) in [4.78, 5) is 19.2. The molecule has 1 aliphatic heterocycles. The fourth-order valence-electron chi connectivity index (χ4n) is 1.52. The van der Waals surface area contributed by atoms with Crippen molar-refractivity contribution in [2.75, 3.05) is 13.2 Å². The van der Waals surface area contributed by atoms with Crippen molar-refractivity contribution in [1.29, 1.82) is 0 Å². The van der Waals surface area contributed by atoms with E-state index in [4.69, 9.17) is 9.94 Å². The highest BCUT2D eigenvalue weighted by Crippen LogP contribution is 2.20. The van der Waals surface area contributed by atoms with Crippen molar-refractivity contribution in [3.63, 3.8) is 0 Å². The number of carbonyl (C=O) groups excluding carboxylic acids is 1. The maximum atomic E-state index is 11.0. The van der Waals surface area contributed by atoms with Crippen molar-refractivity contribution in [3.8, 4) is 0 Å². The van der Waals surface area contributed by atoms with Crippen molar-refractivity contribution in [3.05, 3.63) is 30.2 Å². The molecule has 0 saturated carbocycles. The van der Waals surface area contributed by atoms with Crippen LogP contribution in [0.1, 0.15) is 28.5 Å². The molecular weight excluding hydrogens is 210 g/mol. The van der Waals surface area contributed by atoms with Gasteiger partial charge in [0.1, 0.15) is 5.82 Å². The molecule has 0 aliphatic carbocycles. The number of carbonyl (C=O) groups is 1. The minimum absolute atomic E-state index is 0.0833. The van der Waals surface area contributed by atoms with Gasteiger partial charge < -0.3 is 4.74 Å². The lowest BCUT2D eigenvalue weighted by atomic mass is 10.0. The summed E-state index contributed by atoms with van der Waals surface area (Å²) in [6.07, 6.45) is 5.75. The van der Waals surface area contributed by atoms with Gasteiger partial charge >= 0.3 is 0 Å². The van der Waals surface area contributed by atoms with Gasteiger partial charge in [0.05, 0.1) is 12.2 Å². The molecule has 1 amide bonds. The monoisotopic (exact) mass is 222 g/mol. The molecule has 1 aromatic heterocycles. The zero-order valence-corrected chi connectivity index (χ0v) is 8.59. The van der Waals surface area contributed by atoms with Crippen LogP contribution in [0.2, 0.25) is 0 Å². The van der Waals surface area contributed by atoms with Crippen molar-refractivity contribution < 1.29 is 14.7 Å². The van der Waals surface area contributed by atoms with Gasteiger partial charge in [0.2, 0.25) is 0 Å². The van der Waals surface area contributed by atoms with E-state index < -0.39 is 5.91 Å². The Morgan fingerprint density at radius 1 is 1.50 bits per heavy atom. The van der Waals surface area contributed by atoms with E-state index in [-0.39, 0.29) is 11.5 Å². The summed E-state index contributed by atoms with van der Waals surface area (Å²) in [6.45, 7) is 1.31. The maximum absolute atomic E-state index is 11.0. The zero-order valence-electron chi connectivity index (χ0n) is 8.59. The average molecular weight is 222 g/mol. The predicted octanol–water partition coefficient (Wildman–Crippen LogP) is 0.304. The summed E-state index contributed by atoms with van der Waals surface area (Å²) in [6, 6.07) is 0. The SMILES string of the molecule is O=C(NO)c1cnc(C2[CH]CCOC2)nc1. The molecule has 0 spiro atoms.